The standard InChI is InChI=1S/C23H31N5O/c1-17(2)21-20(23(27(3)26-21)28-12-14-29-15-13-28)16-24-11-9-19-7-4-6-18-8-5-10-25-22(18)19/h4-8,10,17,24H,9,11-16H2,1-3H3. The summed E-state index contributed by atoms with van der Waals surface area (Å²) in [5, 5.41) is 9.71. The van der Waals surface area contributed by atoms with Crippen molar-refractivity contribution in [2.45, 2.75) is 32.7 Å². The van der Waals surface area contributed by atoms with Crippen molar-refractivity contribution in [3.8, 4) is 0 Å². The fraction of sp³-hybridized carbons (Fsp3) is 0.478. The summed E-state index contributed by atoms with van der Waals surface area (Å²) in [6.45, 7) is 9.58. The number of rotatable bonds is 7. The molecule has 0 aliphatic carbocycles. The molecule has 1 aromatic carbocycles. The van der Waals surface area contributed by atoms with Crippen molar-refractivity contribution in [2.75, 3.05) is 37.7 Å². The van der Waals surface area contributed by atoms with Gasteiger partial charge in [-0.1, -0.05) is 38.1 Å². The first-order valence-corrected chi connectivity index (χ1v) is 10.6. The Morgan fingerprint density at radius 2 is 1.93 bits per heavy atom. The van der Waals surface area contributed by atoms with E-state index in [-0.39, 0.29) is 0 Å². The molecule has 1 N–H and O–H groups in total. The van der Waals surface area contributed by atoms with Crippen LogP contribution in [0.15, 0.2) is 36.5 Å². The van der Waals surface area contributed by atoms with Crippen LogP contribution in [-0.4, -0.2) is 47.6 Å². The average Bonchev–Trinajstić information content (AvgIpc) is 3.08. The van der Waals surface area contributed by atoms with E-state index < -0.39 is 0 Å². The number of fused-ring (bicyclic) bond motifs is 1. The van der Waals surface area contributed by atoms with Gasteiger partial charge in [-0.2, -0.15) is 5.10 Å². The largest absolute Gasteiger partial charge is 0.378 e. The Kier molecular flexibility index (Phi) is 6.11. The molecule has 1 aliphatic heterocycles. The molecule has 1 saturated heterocycles. The van der Waals surface area contributed by atoms with Gasteiger partial charge in [0.2, 0.25) is 0 Å². The number of pyridine rings is 1. The lowest BCUT2D eigenvalue weighted by Gasteiger charge is -2.29. The molecule has 1 aliphatic rings. The Bertz CT molecular complexity index is 954. The predicted octanol–water partition coefficient (Wildman–Crippen LogP) is 3.26. The first-order chi connectivity index (χ1) is 14.1. The van der Waals surface area contributed by atoms with Gasteiger partial charge in [0, 0.05) is 43.8 Å². The average molecular weight is 394 g/mol. The molecule has 3 aromatic rings. The summed E-state index contributed by atoms with van der Waals surface area (Å²) < 4.78 is 7.59. The van der Waals surface area contributed by atoms with Crippen molar-refractivity contribution in [2.24, 2.45) is 7.05 Å². The van der Waals surface area contributed by atoms with Gasteiger partial charge in [0.15, 0.2) is 0 Å². The Hall–Kier alpha value is -2.44. The lowest BCUT2D eigenvalue weighted by molar-refractivity contribution is 0.122. The summed E-state index contributed by atoms with van der Waals surface area (Å²) in [5.41, 5.74) is 4.91. The van der Waals surface area contributed by atoms with E-state index in [9.17, 15) is 0 Å². The van der Waals surface area contributed by atoms with Crippen LogP contribution in [0.4, 0.5) is 5.82 Å². The number of aromatic nitrogens is 3. The monoisotopic (exact) mass is 393 g/mol. The Labute approximate surface area is 172 Å². The summed E-state index contributed by atoms with van der Waals surface area (Å²) in [6.07, 6.45) is 2.83. The van der Waals surface area contributed by atoms with Crippen molar-refractivity contribution in [3.05, 3.63) is 53.3 Å². The van der Waals surface area contributed by atoms with E-state index in [1.165, 1.54) is 28.0 Å². The maximum Gasteiger partial charge on any atom is 0.131 e. The molecule has 0 spiro atoms. The second-order valence-electron chi connectivity index (χ2n) is 7.98. The number of benzene rings is 1. The highest BCUT2D eigenvalue weighted by Crippen LogP contribution is 2.29. The minimum Gasteiger partial charge on any atom is -0.378 e. The number of nitrogens with one attached hydrogen (secondary N) is 1. The first-order valence-electron chi connectivity index (χ1n) is 10.6. The molecule has 0 unspecified atom stereocenters. The van der Waals surface area contributed by atoms with Crippen molar-refractivity contribution >= 4 is 16.7 Å². The first kappa shape index (κ1) is 19.9. The lowest BCUT2D eigenvalue weighted by atomic mass is 10.0. The molecular weight excluding hydrogens is 362 g/mol. The van der Waals surface area contributed by atoms with Gasteiger partial charge in [-0.3, -0.25) is 9.67 Å². The quantitative estimate of drug-likeness (QED) is 0.625. The van der Waals surface area contributed by atoms with E-state index in [0.717, 1.165) is 51.3 Å². The molecule has 29 heavy (non-hydrogen) atoms. The van der Waals surface area contributed by atoms with Crippen LogP contribution in [-0.2, 0) is 24.8 Å². The molecule has 4 rings (SSSR count). The lowest BCUT2D eigenvalue weighted by Crippen LogP contribution is -2.38. The zero-order valence-electron chi connectivity index (χ0n) is 17.7. The molecule has 2 aromatic heterocycles. The molecule has 0 bridgehead atoms. The van der Waals surface area contributed by atoms with Crippen LogP contribution in [0.3, 0.4) is 0 Å². The van der Waals surface area contributed by atoms with Gasteiger partial charge in [0.05, 0.1) is 24.4 Å². The Balaban J connectivity index is 1.47. The summed E-state index contributed by atoms with van der Waals surface area (Å²) >= 11 is 0. The minimum absolute atomic E-state index is 0.398. The van der Waals surface area contributed by atoms with E-state index in [1.54, 1.807) is 0 Å². The molecule has 6 nitrogen and oxygen atoms in total. The second-order valence-corrected chi connectivity index (χ2v) is 7.98. The van der Waals surface area contributed by atoms with Crippen molar-refractivity contribution < 1.29 is 4.74 Å². The van der Waals surface area contributed by atoms with Gasteiger partial charge in [0.25, 0.3) is 0 Å². The van der Waals surface area contributed by atoms with Crippen LogP contribution in [0.2, 0.25) is 0 Å². The third kappa shape index (κ3) is 4.28. The van der Waals surface area contributed by atoms with Gasteiger partial charge in [-0.05, 0) is 30.5 Å². The number of ether oxygens (including phenoxy) is 1. The van der Waals surface area contributed by atoms with E-state index in [0.29, 0.717) is 5.92 Å². The van der Waals surface area contributed by atoms with Crippen LogP contribution < -0.4 is 10.2 Å². The molecule has 3 heterocycles. The van der Waals surface area contributed by atoms with Crippen LogP contribution in [0, 0.1) is 0 Å². The van der Waals surface area contributed by atoms with Crippen molar-refractivity contribution in [3.63, 3.8) is 0 Å². The van der Waals surface area contributed by atoms with Crippen molar-refractivity contribution in [1.29, 1.82) is 0 Å². The topological polar surface area (TPSA) is 55.2 Å². The summed E-state index contributed by atoms with van der Waals surface area (Å²) in [5.74, 6) is 1.63. The third-order valence-corrected chi connectivity index (χ3v) is 5.59. The number of nitrogens with zero attached hydrogens (tertiary/aromatic N) is 4. The number of anilines is 1. The minimum atomic E-state index is 0.398. The van der Waals surface area contributed by atoms with Crippen LogP contribution in [0.5, 0.6) is 0 Å². The zero-order valence-corrected chi connectivity index (χ0v) is 17.7. The van der Waals surface area contributed by atoms with E-state index in [4.69, 9.17) is 9.84 Å². The van der Waals surface area contributed by atoms with Gasteiger partial charge in [0.1, 0.15) is 5.82 Å². The van der Waals surface area contributed by atoms with Gasteiger partial charge in [-0.15, -0.1) is 0 Å². The van der Waals surface area contributed by atoms with Crippen LogP contribution >= 0.6 is 0 Å². The molecule has 154 valence electrons. The van der Waals surface area contributed by atoms with Crippen molar-refractivity contribution in [1.82, 2.24) is 20.1 Å². The number of aryl methyl sites for hydroxylation is 1. The fourth-order valence-electron chi connectivity index (χ4n) is 4.19. The molecule has 1 fully saturated rings. The Morgan fingerprint density at radius 1 is 1.14 bits per heavy atom. The smallest absolute Gasteiger partial charge is 0.131 e. The summed E-state index contributed by atoms with van der Waals surface area (Å²) in [7, 11) is 2.06. The summed E-state index contributed by atoms with van der Waals surface area (Å²) in [6, 6.07) is 10.5. The predicted molar refractivity (Wildman–Crippen MR) is 117 cm³/mol. The number of hydrogen-bond acceptors (Lipinski definition) is 5. The van der Waals surface area contributed by atoms with Crippen LogP contribution in [0.25, 0.3) is 10.9 Å². The maximum absolute atomic E-state index is 5.54. The highest BCUT2D eigenvalue weighted by molar-refractivity contribution is 5.81. The SMILES string of the molecule is CC(C)c1nn(C)c(N2CCOCC2)c1CNCCc1cccc2cccnc12. The Morgan fingerprint density at radius 3 is 2.72 bits per heavy atom. The second kappa shape index (κ2) is 8.93. The molecule has 0 radical (unpaired) electrons. The molecule has 0 atom stereocenters. The number of para-hydroxylation sites is 1. The van der Waals surface area contributed by atoms with E-state index in [2.05, 4.69) is 60.4 Å². The van der Waals surface area contributed by atoms with Gasteiger partial charge >= 0.3 is 0 Å². The maximum atomic E-state index is 5.54. The summed E-state index contributed by atoms with van der Waals surface area (Å²) in [4.78, 5) is 6.99. The molecule has 0 amide bonds. The number of morpholine rings is 1. The van der Waals surface area contributed by atoms with Gasteiger partial charge < -0.3 is 15.0 Å². The fourth-order valence-corrected chi connectivity index (χ4v) is 4.19. The molecular formula is C23H31N5O. The molecule has 0 saturated carbocycles. The van der Waals surface area contributed by atoms with E-state index in [1.807, 2.05) is 16.9 Å². The normalized spacial score (nSPS) is 14.8. The number of hydrogen-bond donors (Lipinski definition) is 1. The highest BCUT2D eigenvalue weighted by atomic mass is 16.5. The third-order valence-electron chi connectivity index (χ3n) is 5.59. The van der Waals surface area contributed by atoms with Crippen LogP contribution in [0.1, 0.15) is 36.6 Å². The van der Waals surface area contributed by atoms with E-state index >= 15 is 0 Å². The van der Waals surface area contributed by atoms with Gasteiger partial charge in [-0.25, -0.2) is 0 Å². The molecule has 6 heteroatoms. The highest BCUT2D eigenvalue weighted by Gasteiger charge is 2.23. The zero-order chi connectivity index (χ0) is 20.2.